The van der Waals surface area contributed by atoms with Crippen molar-refractivity contribution in [1.29, 1.82) is 0 Å². The van der Waals surface area contributed by atoms with Gasteiger partial charge in [-0.15, -0.1) is 0 Å². The summed E-state index contributed by atoms with van der Waals surface area (Å²) in [6, 6.07) is 0. The highest BCUT2D eigenvalue weighted by atomic mass is 13.9. The second-order valence-corrected chi connectivity index (χ2v) is 2.01. The summed E-state index contributed by atoms with van der Waals surface area (Å²) in [7, 11) is 0. The SMILES string of the molecule is C[C]C(C)=C(C)CC. The third-order valence-electron chi connectivity index (χ3n) is 1.55. The topological polar surface area (TPSA) is 0 Å². The van der Waals surface area contributed by atoms with Gasteiger partial charge in [0.15, 0.2) is 0 Å². The summed E-state index contributed by atoms with van der Waals surface area (Å²) in [5.41, 5.74) is 2.74. The van der Waals surface area contributed by atoms with E-state index in [0.29, 0.717) is 0 Å². The van der Waals surface area contributed by atoms with Gasteiger partial charge in [-0.3, -0.25) is 0 Å². The highest BCUT2D eigenvalue weighted by Crippen LogP contribution is 2.08. The van der Waals surface area contributed by atoms with Crippen molar-refractivity contribution < 1.29 is 0 Å². The Labute approximate surface area is 52.6 Å². The van der Waals surface area contributed by atoms with Crippen LogP contribution in [0.4, 0.5) is 0 Å². The number of hydrogen-bond acceptors (Lipinski definition) is 0. The van der Waals surface area contributed by atoms with E-state index in [-0.39, 0.29) is 0 Å². The smallest absolute Gasteiger partial charge is 0.00825 e. The Morgan fingerprint density at radius 3 is 2.00 bits per heavy atom. The highest BCUT2D eigenvalue weighted by molar-refractivity contribution is 5.16. The summed E-state index contributed by atoms with van der Waals surface area (Å²) in [6.45, 7) is 8.36. The fourth-order valence-electron chi connectivity index (χ4n) is 0.479. The molecule has 0 unspecified atom stereocenters. The van der Waals surface area contributed by atoms with Crippen molar-refractivity contribution in [3.63, 3.8) is 0 Å². The molecule has 0 aromatic rings. The molecule has 2 radical (unpaired) electrons. The Bertz CT molecular complexity index is 76.2. The molecule has 0 saturated carbocycles. The zero-order valence-electron chi connectivity index (χ0n) is 6.21. The van der Waals surface area contributed by atoms with Gasteiger partial charge in [0.05, 0.1) is 0 Å². The molecular formula is C8H14. The standard InChI is InChI=1S/C8H14/c1-5-7(3)8(4)6-2/h5H2,1-4H3. The fraction of sp³-hybridized carbons (Fsp3) is 0.625. The minimum Gasteiger partial charge on any atom is -0.0741 e. The van der Waals surface area contributed by atoms with Crippen molar-refractivity contribution in [2.45, 2.75) is 34.1 Å². The zero-order chi connectivity index (χ0) is 6.57. The summed E-state index contributed by atoms with van der Waals surface area (Å²) in [5, 5.41) is 0. The highest BCUT2D eigenvalue weighted by Gasteiger charge is 1.89. The van der Waals surface area contributed by atoms with Gasteiger partial charge in [-0.2, -0.15) is 0 Å². The van der Waals surface area contributed by atoms with E-state index in [4.69, 9.17) is 0 Å². The monoisotopic (exact) mass is 110 g/mol. The third-order valence-corrected chi connectivity index (χ3v) is 1.55. The van der Waals surface area contributed by atoms with Crippen LogP contribution >= 0.6 is 0 Å². The van der Waals surface area contributed by atoms with Crippen LogP contribution in [0, 0.1) is 6.42 Å². The number of allylic oxidation sites excluding steroid dienone is 2. The van der Waals surface area contributed by atoms with Crippen molar-refractivity contribution in [2.24, 2.45) is 0 Å². The first kappa shape index (κ1) is 7.74. The van der Waals surface area contributed by atoms with Crippen molar-refractivity contribution in [3.8, 4) is 0 Å². The molecule has 0 fully saturated rings. The second-order valence-electron chi connectivity index (χ2n) is 2.01. The van der Waals surface area contributed by atoms with Crippen molar-refractivity contribution >= 4 is 0 Å². The molecule has 0 aliphatic rings. The van der Waals surface area contributed by atoms with Crippen LogP contribution in [0.3, 0.4) is 0 Å². The van der Waals surface area contributed by atoms with Crippen LogP contribution in [0.15, 0.2) is 11.1 Å². The van der Waals surface area contributed by atoms with Gasteiger partial charge in [-0.1, -0.05) is 25.0 Å². The molecule has 0 nitrogen and oxygen atoms in total. The predicted molar refractivity (Wildman–Crippen MR) is 37.6 cm³/mol. The lowest BCUT2D eigenvalue weighted by Gasteiger charge is -1.98. The van der Waals surface area contributed by atoms with E-state index < -0.39 is 0 Å². The minimum atomic E-state index is 1.15. The molecule has 0 bridgehead atoms. The number of rotatable bonds is 2. The van der Waals surface area contributed by atoms with Gasteiger partial charge in [0.2, 0.25) is 0 Å². The minimum absolute atomic E-state index is 1.15. The quantitative estimate of drug-likeness (QED) is 0.512. The summed E-state index contributed by atoms with van der Waals surface area (Å²) in [5.74, 6) is 0. The van der Waals surface area contributed by atoms with Gasteiger partial charge in [-0.05, 0) is 20.3 Å². The molecule has 0 aliphatic carbocycles. The normalized spacial score (nSPS) is 13.5. The van der Waals surface area contributed by atoms with Crippen molar-refractivity contribution in [3.05, 3.63) is 17.6 Å². The Morgan fingerprint density at radius 2 is 1.88 bits per heavy atom. The first-order chi connectivity index (χ1) is 3.72. The van der Waals surface area contributed by atoms with Gasteiger partial charge in [-0.25, -0.2) is 0 Å². The third kappa shape index (κ3) is 2.15. The summed E-state index contributed by atoms with van der Waals surface area (Å²) in [6.07, 6.45) is 4.24. The van der Waals surface area contributed by atoms with E-state index in [1.165, 1.54) is 11.1 Å². The Morgan fingerprint density at radius 1 is 1.38 bits per heavy atom. The van der Waals surface area contributed by atoms with E-state index >= 15 is 0 Å². The van der Waals surface area contributed by atoms with Gasteiger partial charge in [0.1, 0.15) is 0 Å². The van der Waals surface area contributed by atoms with Crippen molar-refractivity contribution in [1.82, 2.24) is 0 Å². The summed E-state index contributed by atoms with van der Waals surface area (Å²) >= 11 is 0. The van der Waals surface area contributed by atoms with E-state index in [1.807, 2.05) is 6.92 Å². The van der Waals surface area contributed by atoms with Crippen LogP contribution in [0.2, 0.25) is 0 Å². The molecular weight excluding hydrogens is 96.1 g/mol. The average molecular weight is 110 g/mol. The maximum Gasteiger partial charge on any atom is 0.00825 e. The van der Waals surface area contributed by atoms with Crippen LogP contribution in [0.1, 0.15) is 34.1 Å². The lowest BCUT2D eigenvalue weighted by atomic mass is 10.1. The van der Waals surface area contributed by atoms with E-state index in [0.717, 1.165) is 6.42 Å². The number of hydrogen-bond donors (Lipinski definition) is 0. The lowest BCUT2D eigenvalue weighted by Crippen LogP contribution is -1.79. The molecule has 0 heterocycles. The molecule has 0 N–H and O–H groups in total. The molecule has 46 valence electrons. The van der Waals surface area contributed by atoms with E-state index in [1.54, 1.807) is 0 Å². The molecule has 0 rings (SSSR count). The Balaban J connectivity index is 3.83. The van der Waals surface area contributed by atoms with Gasteiger partial charge >= 0.3 is 0 Å². The van der Waals surface area contributed by atoms with Crippen LogP contribution in [-0.2, 0) is 0 Å². The molecule has 0 aromatic carbocycles. The summed E-state index contributed by atoms with van der Waals surface area (Å²) < 4.78 is 0. The molecule has 0 saturated heterocycles. The first-order valence-electron chi connectivity index (χ1n) is 3.06. The van der Waals surface area contributed by atoms with E-state index in [9.17, 15) is 0 Å². The largest absolute Gasteiger partial charge is 0.0741 e. The molecule has 0 aromatic heterocycles. The second kappa shape index (κ2) is 3.71. The molecule has 8 heavy (non-hydrogen) atoms. The molecule has 0 heteroatoms. The van der Waals surface area contributed by atoms with Gasteiger partial charge < -0.3 is 0 Å². The average Bonchev–Trinajstić information content (AvgIpc) is 1.84. The van der Waals surface area contributed by atoms with Gasteiger partial charge in [0.25, 0.3) is 0 Å². The maximum absolute atomic E-state index is 3.10. The first-order valence-corrected chi connectivity index (χ1v) is 3.06. The molecule has 0 aliphatic heterocycles. The Hall–Kier alpha value is -0.260. The molecule has 0 amide bonds. The maximum atomic E-state index is 3.10. The fourth-order valence-corrected chi connectivity index (χ4v) is 0.479. The van der Waals surface area contributed by atoms with Crippen LogP contribution in [-0.4, -0.2) is 0 Å². The van der Waals surface area contributed by atoms with Gasteiger partial charge in [0, 0.05) is 6.42 Å². The van der Waals surface area contributed by atoms with Crippen molar-refractivity contribution in [2.75, 3.05) is 0 Å². The predicted octanol–water partition coefficient (Wildman–Crippen LogP) is 2.83. The van der Waals surface area contributed by atoms with Crippen LogP contribution < -0.4 is 0 Å². The Kier molecular flexibility index (Phi) is 3.59. The lowest BCUT2D eigenvalue weighted by molar-refractivity contribution is 1.05. The van der Waals surface area contributed by atoms with E-state index in [2.05, 4.69) is 27.2 Å². The molecule has 0 atom stereocenters. The van der Waals surface area contributed by atoms with Crippen LogP contribution in [0.25, 0.3) is 0 Å². The van der Waals surface area contributed by atoms with Crippen LogP contribution in [0.5, 0.6) is 0 Å². The zero-order valence-corrected chi connectivity index (χ0v) is 6.21. The molecule has 0 spiro atoms. The summed E-state index contributed by atoms with van der Waals surface area (Å²) in [4.78, 5) is 0.